The molecule has 9 nitrogen and oxygen atoms in total. The number of ether oxygens (including phenoxy) is 1. The van der Waals surface area contributed by atoms with Gasteiger partial charge in [0.05, 0.1) is 17.3 Å². The van der Waals surface area contributed by atoms with Gasteiger partial charge >= 0.3 is 0 Å². The lowest BCUT2D eigenvalue weighted by atomic mass is 9.76. The molecule has 0 aliphatic heterocycles. The molecule has 0 radical (unpaired) electrons. The van der Waals surface area contributed by atoms with Crippen LogP contribution in [0.1, 0.15) is 30.1 Å². The maximum Gasteiger partial charge on any atom is 0.255 e. The van der Waals surface area contributed by atoms with E-state index >= 15 is 0 Å². The van der Waals surface area contributed by atoms with Crippen molar-refractivity contribution >= 4 is 36.0 Å². The third kappa shape index (κ3) is 5.36. The number of hydrogen-bond donors (Lipinski definition) is 2. The van der Waals surface area contributed by atoms with Crippen LogP contribution in [0.15, 0.2) is 30.6 Å². The Morgan fingerprint density at radius 1 is 1.32 bits per heavy atom. The maximum atomic E-state index is 13.9. The molecule has 1 aliphatic carbocycles. The molecule has 202 valence electrons. The van der Waals surface area contributed by atoms with E-state index in [4.69, 9.17) is 15.5 Å². The van der Waals surface area contributed by atoms with Gasteiger partial charge in [0.2, 0.25) is 0 Å². The molecule has 3 N–H and O–H groups in total. The quantitative estimate of drug-likeness (QED) is 0.243. The SMILES string of the molecule is CC(NC(=O)c1cn(COCC[Si](C)(C)C)c2ncc(-c3nn(C)c4cc(F)ccc34)nc12)C1CC(N)C1. The van der Waals surface area contributed by atoms with Gasteiger partial charge in [0.1, 0.15) is 29.5 Å². The van der Waals surface area contributed by atoms with E-state index in [1.807, 2.05) is 11.5 Å². The number of hydrogen-bond acceptors (Lipinski definition) is 6. The first-order valence-corrected chi connectivity index (χ1v) is 16.8. The number of aryl methyl sites for hydroxylation is 1. The van der Waals surface area contributed by atoms with Gasteiger partial charge in [-0.1, -0.05) is 19.6 Å². The highest BCUT2D eigenvalue weighted by atomic mass is 28.3. The van der Waals surface area contributed by atoms with Crippen LogP contribution >= 0.6 is 0 Å². The van der Waals surface area contributed by atoms with Crippen LogP contribution in [-0.2, 0) is 18.5 Å². The van der Waals surface area contributed by atoms with Gasteiger partial charge in [0.25, 0.3) is 5.91 Å². The molecule has 1 fully saturated rings. The molecule has 1 saturated carbocycles. The number of rotatable bonds is 9. The van der Waals surface area contributed by atoms with Crippen molar-refractivity contribution in [1.29, 1.82) is 0 Å². The van der Waals surface area contributed by atoms with E-state index in [1.165, 1.54) is 12.1 Å². The third-order valence-electron chi connectivity index (χ3n) is 7.37. The topological polar surface area (TPSA) is 113 Å². The fraction of sp³-hybridized carbons (Fsp3) is 0.481. The zero-order valence-electron chi connectivity index (χ0n) is 22.7. The summed E-state index contributed by atoms with van der Waals surface area (Å²) < 4.78 is 23.3. The molecule has 1 atom stereocenters. The van der Waals surface area contributed by atoms with Gasteiger partial charge in [-0.2, -0.15) is 5.10 Å². The van der Waals surface area contributed by atoms with Crippen LogP contribution in [0.3, 0.4) is 0 Å². The molecule has 38 heavy (non-hydrogen) atoms. The van der Waals surface area contributed by atoms with E-state index in [0.29, 0.717) is 46.2 Å². The van der Waals surface area contributed by atoms with Gasteiger partial charge in [-0.15, -0.1) is 0 Å². The Kier molecular flexibility index (Phi) is 7.10. The molecule has 4 aromatic rings. The molecule has 1 unspecified atom stereocenters. The number of nitrogens with one attached hydrogen (secondary N) is 1. The summed E-state index contributed by atoms with van der Waals surface area (Å²) in [5, 5.41) is 8.48. The Morgan fingerprint density at radius 2 is 2.08 bits per heavy atom. The largest absolute Gasteiger partial charge is 0.361 e. The van der Waals surface area contributed by atoms with Gasteiger partial charge in [-0.05, 0) is 49.9 Å². The first kappa shape index (κ1) is 26.5. The molecule has 0 bridgehead atoms. The van der Waals surface area contributed by atoms with Crippen LogP contribution in [0.4, 0.5) is 4.39 Å². The molecular formula is C27H36FN7O2Si. The third-order valence-corrected chi connectivity index (χ3v) is 9.07. The molecule has 1 amide bonds. The zero-order chi connectivity index (χ0) is 27.2. The zero-order valence-corrected chi connectivity index (χ0v) is 23.7. The molecule has 0 spiro atoms. The second-order valence-corrected chi connectivity index (χ2v) is 17.3. The summed E-state index contributed by atoms with van der Waals surface area (Å²) in [4.78, 5) is 23.0. The lowest BCUT2D eigenvalue weighted by Crippen LogP contribution is -2.48. The fourth-order valence-corrected chi connectivity index (χ4v) is 5.67. The minimum atomic E-state index is -1.23. The van der Waals surface area contributed by atoms with Crippen molar-refractivity contribution < 1.29 is 13.9 Å². The molecule has 3 heterocycles. The summed E-state index contributed by atoms with van der Waals surface area (Å²) in [5.41, 5.74) is 9.19. The summed E-state index contributed by atoms with van der Waals surface area (Å²) in [6.07, 6.45) is 5.23. The standard InChI is InChI=1S/C27H36FN7O2Si/c1-16(17-10-19(29)11-17)31-27(36)21-14-35(15-37-8-9-38(3,4)5)26-25(21)32-22(13-30-26)24-20-7-6-18(28)12-23(20)34(2)33-24/h6-7,12-14,16-17,19H,8-11,15,29H2,1-5H3,(H,31,36). The van der Waals surface area contributed by atoms with Crippen molar-refractivity contribution in [3.05, 3.63) is 42.0 Å². The van der Waals surface area contributed by atoms with E-state index in [1.54, 1.807) is 30.2 Å². The van der Waals surface area contributed by atoms with Crippen molar-refractivity contribution in [2.45, 2.75) is 64.3 Å². The van der Waals surface area contributed by atoms with Crippen molar-refractivity contribution in [1.82, 2.24) is 29.6 Å². The number of benzene rings is 1. The highest BCUT2D eigenvalue weighted by Crippen LogP contribution is 2.31. The van der Waals surface area contributed by atoms with Gasteiger partial charge in [0, 0.05) is 45.4 Å². The fourth-order valence-electron chi connectivity index (χ4n) is 4.91. The predicted octanol–water partition coefficient (Wildman–Crippen LogP) is 4.29. The summed E-state index contributed by atoms with van der Waals surface area (Å²) >= 11 is 0. The van der Waals surface area contributed by atoms with E-state index in [0.717, 1.165) is 24.3 Å². The second kappa shape index (κ2) is 10.2. The molecule has 5 rings (SSSR count). The number of halogens is 1. The minimum absolute atomic E-state index is 0.000494. The van der Waals surface area contributed by atoms with E-state index in [-0.39, 0.29) is 30.5 Å². The van der Waals surface area contributed by atoms with Crippen molar-refractivity contribution in [3.63, 3.8) is 0 Å². The van der Waals surface area contributed by atoms with Gasteiger partial charge < -0.3 is 20.4 Å². The summed E-state index contributed by atoms with van der Waals surface area (Å²) in [7, 11) is 0.531. The number of nitrogens with zero attached hydrogens (tertiary/aromatic N) is 5. The van der Waals surface area contributed by atoms with Crippen LogP contribution in [0, 0.1) is 11.7 Å². The van der Waals surface area contributed by atoms with Crippen LogP contribution in [0.25, 0.3) is 33.5 Å². The number of carbonyl (C=O) groups excluding carboxylic acids is 1. The minimum Gasteiger partial charge on any atom is -0.361 e. The molecular weight excluding hydrogens is 501 g/mol. The number of nitrogens with two attached hydrogens (primary N) is 1. The Bertz CT molecular complexity index is 1490. The number of amides is 1. The van der Waals surface area contributed by atoms with Crippen LogP contribution < -0.4 is 11.1 Å². The first-order chi connectivity index (χ1) is 18.0. The monoisotopic (exact) mass is 537 g/mol. The number of carbonyl (C=O) groups is 1. The van der Waals surface area contributed by atoms with Crippen molar-refractivity contribution in [2.24, 2.45) is 18.7 Å². The van der Waals surface area contributed by atoms with Crippen molar-refractivity contribution in [2.75, 3.05) is 6.61 Å². The van der Waals surface area contributed by atoms with Gasteiger partial charge in [-0.25, -0.2) is 14.4 Å². The summed E-state index contributed by atoms with van der Waals surface area (Å²) in [6.45, 7) is 9.87. The molecule has 0 saturated heterocycles. The molecule has 3 aromatic heterocycles. The average Bonchev–Trinajstić information content (AvgIpc) is 3.36. The predicted molar refractivity (Wildman–Crippen MR) is 149 cm³/mol. The molecule has 11 heteroatoms. The highest BCUT2D eigenvalue weighted by molar-refractivity contribution is 6.76. The Hall–Kier alpha value is -3.15. The lowest BCUT2D eigenvalue weighted by Gasteiger charge is -2.37. The normalized spacial score (nSPS) is 18.6. The summed E-state index contributed by atoms with van der Waals surface area (Å²) in [5.74, 6) is -0.169. The summed E-state index contributed by atoms with van der Waals surface area (Å²) in [6, 6.07) is 5.79. The van der Waals surface area contributed by atoms with E-state index < -0.39 is 8.07 Å². The van der Waals surface area contributed by atoms with Gasteiger partial charge in [-0.3, -0.25) is 9.48 Å². The van der Waals surface area contributed by atoms with Crippen molar-refractivity contribution in [3.8, 4) is 11.4 Å². The van der Waals surface area contributed by atoms with Crippen LogP contribution in [0.2, 0.25) is 25.7 Å². The van der Waals surface area contributed by atoms with E-state index in [2.05, 4.69) is 35.0 Å². The molecule has 1 aliphatic rings. The smallest absolute Gasteiger partial charge is 0.255 e. The van der Waals surface area contributed by atoms with E-state index in [9.17, 15) is 9.18 Å². The Morgan fingerprint density at radius 3 is 2.79 bits per heavy atom. The lowest BCUT2D eigenvalue weighted by molar-refractivity contribution is 0.0879. The average molecular weight is 538 g/mol. The van der Waals surface area contributed by atoms with Gasteiger partial charge in [0.15, 0.2) is 5.65 Å². The Balaban J connectivity index is 1.50. The number of aromatic nitrogens is 5. The van der Waals surface area contributed by atoms with Crippen LogP contribution in [0.5, 0.6) is 0 Å². The highest BCUT2D eigenvalue weighted by Gasteiger charge is 2.32. The maximum absolute atomic E-state index is 13.9. The molecule has 1 aromatic carbocycles. The second-order valence-electron chi connectivity index (χ2n) is 11.7. The van der Waals surface area contributed by atoms with Crippen LogP contribution in [-0.4, -0.2) is 57.0 Å². The Labute approximate surface area is 222 Å². The number of fused-ring (bicyclic) bond motifs is 2. The first-order valence-electron chi connectivity index (χ1n) is 13.1.